The van der Waals surface area contributed by atoms with Gasteiger partial charge in [0.15, 0.2) is 11.9 Å². The second-order valence-corrected chi connectivity index (χ2v) is 5.63. The van der Waals surface area contributed by atoms with Crippen LogP contribution in [0.3, 0.4) is 0 Å². The highest BCUT2D eigenvalue weighted by Crippen LogP contribution is 2.25. The second kappa shape index (κ2) is 8.32. The maximum Gasteiger partial charge on any atom is 0.267 e. The van der Waals surface area contributed by atoms with E-state index >= 15 is 0 Å². The van der Waals surface area contributed by atoms with Gasteiger partial charge < -0.3 is 19.3 Å². The third-order valence-corrected chi connectivity index (χ3v) is 3.99. The van der Waals surface area contributed by atoms with E-state index in [0.29, 0.717) is 11.7 Å². The van der Waals surface area contributed by atoms with Gasteiger partial charge in [-0.25, -0.2) is 0 Å². The maximum atomic E-state index is 5.85. The standard InChI is InChI=1S/C16H22N4O3.ClH/c1-11(22-13-6-4-12(21-3)5-7-13)16-18-15(19-23-16)14-10-17-8-9-20(14)2;/h4-7,11,14,17H,8-10H2,1-3H3;1H. The number of halogens is 1. The summed E-state index contributed by atoms with van der Waals surface area (Å²) in [6.45, 7) is 4.66. The smallest absolute Gasteiger partial charge is 0.267 e. The zero-order valence-corrected chi connectivity index (χ0v) is 14.9. The van der Waals surface area contributed by atoms with Crippen molar-refractivity contribution in [2.24, 2.45) is 0 Å². The highest BCUT2D eigenvalue weighted by molar-refractivity contribution is 5.85. The number of nitrogens with one attached hydrogen (secondary N) is 1. The predicted molar refractivity (Wildman–Crippen MR) is 91.8 cm³/mol. The average molecular weight is 355 g/mol. The lowest BCUT2D eigenvalue weighted by Crippen LogP contribution is -2.44. The molecule has 2 heterocycles. The first-order valence-electron chi connectivity index (χ1n) is 7.72. The molecule has 2 unspecified atom stereocenters. The zero-order valence-electron chi connectivity index (χ0n) is 14.1. The fourth-order valence-electron chi connectivity index (χ4n) is 2.55. The molecule has 1 aliphatic heterocycles. The van der Waals surface area contributed by atoms with E-state index in [-0.39, 0.29) is 24.6 Å². The third-order valence-electron chi connectivity index (χ3n) is 3.99. The minimum atomic E-state index is -0.313. The summed E-state index contributed by atoms with van der Waals surface area (Å²) in [7, 11) is 3.70. The monoisotopic (exact) mass is 354 g/mol. The molecule has 0 aliphatic carbocycles. The molecule has 1 saturated heterocycles. The summed E-state index contributed by atoms with van der Waals surface area (Å²) in [5, 5.41) is 7.46. The van der Waals surface area contributed by atoms with Crippen molar-refractivity contribution in [3.63, 3.8) is 0 Å². The van der Waals surface area contributed by atoms with Gasteiger partial charge in [0.25, 0.3) is 5.89 Å². The number of aromatic nitrogens is 2. The second-order valence-electron chi connectivity index (χ2n) is 5.63. The van der Waals surface area contributed by atoms with Crippen LogP contribution in [0.4, 0.5) is 0 Å². The van der Waals surface area contributed by atoms with Gasteiger partial charge in [-0.1, -0.05) is 5.16 Å². The van der Waals surface area contributed by atoms with Crippen molar-refractivity contribution in [1.82, 2.24) is 20.4 Å². The molecule has 0 saturated carbocycles. The Morgan fingerprint density at radius 2 is 2.00 bits per heavy atom. The summed E-state index contributed by atoms with van der Waals surface area (Å²) >= 11 is 0. The SMILES string of the molecule is COc1ccc(OC(C)c2nc(C3CNCCN3C)no2)cc1.Cl. The Kier molecular flexibility index (Phi) is 6.42. The number of benzene rings is 1. The molecule has 0 spiro atoms. The quantitative estimate of drug-likeness (QED) is 0.882. The van der Waals surface area contributed by atoms with Crippen LogP contribution in [0.5, 0.6) is 11.5 Å². The molecule has 7 nitrogen and oxygen atoms in total. The van der Waals surface area contributed by atoms with Crippen molar-refractivity contribution in [3.8, 4) is 11.5 Å². The maximum absolute atomic E-state index is 5.85. The Balaban J connectivity index is 0.00000208. The summed E-state index contributed by atoms with van der Waals surface area (Å²) in [4.78, 5) is 6.73. The number of likely N-dealkylation sites (N-methyl/N-ethyl adjacent to an activating group) is 1. The van der Waals surface area contributed by atoms with Crippen LogP contribution in [-0.4, -0.2) is 48.8 Å². The van der Waals surface area contributed by atoms with Crippen molar-refractivity contribution >= 4 is 12.4 Å². The molecule has 2 atom stereocenters. The van der Waals surface area contributed by atoms with Crippen molar-refractivity contribution < 1.29 is 14.0 Å². The molecule has 1 aliphatic rings. The van der Waals surface area contributed by atoms with E-state index in [2.05, 4.69) is 27.4 Å². The topological polar surface area (TPSA) is 72.7 Å². The van der Waals surface area contributed by atoms with Gasteiger partial charge in [0.05, 0.1) is 13.2 Å². The normalized spacial score (nSPS) is 19.4. The van der Waals surface area contributed by atoms with Gasteiger partial charge in [-0.05, 0) is 38.2 Å². The number of methoxy groups -OCH3 is 1. The molecule has 2 aromatic rings. The van der Waals surface area contributed by atoms with Crippen LogP contribution in [0.15, 0.2) is 28.8 Å². The molecule has 3 rings (SSSR count). The summed E-state index contributed by atoms with van der Waals surface area (Å²) in [6, 6.07) is 7.54. The third kappa shape index (κ3) is 4.17. The number of hydrogen-bond acceptors (Lipinski definition) is 7. The zero-order chi connectivity index (χ0) is 16.2. The minimum absolute atomic E-state index is 0. The molecule has 1 aromatic carbocycles. The minimum Gasteiger partial charge on any atom is -0.497 e. The van der Waals surface area contributed by atoms with Crippen LogP contribution < -0.4 is 14.8 Å². The highest BCUT2D eigenvalue weighted by Gasteiger charge is 2.26. The average Bonchev–Trinajstić information content (AvgIpc) is 3.06. The lowest BCUT2D eigenvalue weighted by atomic mass is 10.2. The van der Waals surface area contributed by atoms with Crippen LogP contribution in [0.1, 0.15) is 30.8 Å². The molecule has 0 radical (unpaired) electrons. The Labute approximate surface area is 147 Å². The predicted octanol–water partition coefficient (Wildman–Crippen LogP) is 2.22. The molecule has 1 N–H and O–H groups in total. The molecule has 132 valence electrons. The summed E-state index contributed by atoms with van der Waals surface area (Å²) in [6.07, 6.45) is -0.313. The van der Waals surface area contributed by atoms with Crippen LogP contribution in [-0.2, 0) is 0 Å². The molecular weight excluding hydrogens is 332 g/mol. The van der Waals surface area contributed by atoms with Crippen molar-refractivity contribution in [2.75, 3.05) is 33.8 Å². The molecule has 24 heavy (non-hydrogen) atoms. The van der Waals surface area contributed by atoms with Gasteiger partial charge >= 0.3 is 0 Å². The van der Waals surface area contributed by atoms with Crippen LogP contribution in [0, 0.1) is 0 Å². The summed E-state index contributed by atoms with van der Waals surface area (Å²) in [5.74, 6) is 2.70. The molecular formula is C16H23ClN4O3. The Bertz CT molecular complexity index is 635. The van der Waals surface area contributed by atoms with Crippen LogP contribution in [0.2, 0.25) is 0 Å². The molecule has 0 amide bonds. The van der Waals surface area contributed by atoms with Crippen molar-refractivity contribution in [3.05, 3.63) is 36.0 Å². The molecule has 1 fully saturated rings. The molecule has 0 bridgehead atoms. The fourth-order valence-corrected chi connectivity index (χ4v) is 2.55. The van der Waals surface area contributed by atoms with Gasteiger partial charge in [0.1, 0.15) is 11.5 Å². The first-order chi connectivity index (χ1) is 11.2. The number of ether oxygens (including phenoxy) is 2. The largest absolute Gasteiger partial charge is 0.497 e. The Morgan fingerprint density at radius 1 is 1.29 bits per heavy atom. The number of hydrogen-bond donors (Lipinski definition) is 1. The Hall–Kier alpha value is -1.83. The lowest BCUT2D eigenvalue weighted by Gasteiger charge is -2.30. The van der Waals surface area contributed by atoms with E-state index in [4.69, 9.17) is 14.0 Å². The van der Waals surface area contributed by atoms with E-state index in [0.717, 1.165) is 31.1 Å². The highest BCUT2D eigenvalue weighted by atomic mass is 35.5. The lowest BCUT2D eigenvalue weighted by molar-refractivity contribution is 0.173. The van der Waals surface area contributed by atoms with Crippen molar-refractivity contribution in [2.45, 2.75) is 19.1 Å². The van der Waals surface area contributed by atoms with Crippen molar-refractivity contribution in [1.29, 1.82) is 0 Å². The summed E-state index contributed by atoms with van der Waals surface area (Å²) in [5.41, 5.74) is 0. The van der Waals surface area contributed by atoms with E-state index in [1.165, 1.54) is 0 Å². The van der Waals surface area contributed by atoms with Gasteiger partial charge in [0, 0.05) is 19.6 Å². The first-order valence-corrected chi connectivity index (χ1v) is 7.72. The van der Waals surface area contributed by atoms with E-state index in [9.17, 15) is 0 Å². The van der Waals surface area contributed by atoms with Gasteiger partial charge in [-0.15, -0.1) is 12.4 Å². The van der Waals surface area contributed by atoms with Gasteiger partial charge in [-0.2, -0.15) is 4.98 Å². The van der Waals surface area contributed by atoms with Crippen LogP contribution in [0.25, 0.3) is 0 Å². The number of nitrogens with zero attached hydrogens (tertiary/aromatic N) is 3. The van der Waals surface area contributed by atoms with E-state index in [1.807, 2.05) is 31.2 Å². The van der Waals surface area contributed by atoms with E-state index < -0.39 is 0 Å². The van der Waals surface area contributed by atoms with Crippen LogP contribution >= 0.6 is 12.4 Å². The summed E-state index contributed by atoms with van der Waals surface area (Å²) < 4.78 is 16.4. The molecule has 1 aromatic heterocycles. The van der Waals surface area contributed by atoms with E-state index in [1.54, 1.807) is 7.11 Å². The first kappa shape index (κ1) is 18.5. The number of rotatable bonds is 5. The van der Waals surface area contributed by atoms with Gasteiger partial charge in [-0.3, -0.25) is 4.90 Å². The fraction of sp³-hybridized carbons (Fsp3) is 0.500. The Morgan fingerprint density at radius 3 is 2.67 bits per heavy atom. The number of piperazine rings is 1. The molecule has 8 heteroatoms. The van der Waals surface area contributed by atoms with Gasteiger partial charge in [0.2, 0.25) is 0 Å².